The first-order valence-electron chi connectivity index (χ1n) is 9.17. The number of aliphatic imine (C=N–C) groups is 2. The van der Waals surface area contributed by atoms with Gasteiger partial charge in [0.2, 0.25) is 0 Å². The van der Waals surface area contributed by atoms with Crippen molar-refractivity contribution in [1.29, 1.82) is 0 Å². The van der Waals surface area contributed by atoms with Gasteiger partial charge in [-0.05, 0) is 53.7 Å². The van der Waals surface area contributed by atoms with Crippen LogP contribution in [0.15, 0.2) is 43.6 Å². The van der Waals surface area contributed by atoms with Crippen LogP contribution >= 0.6 is 15.9 Å². The van der Waals surface area contributed by atoms with E-state index in [2.05, 4.69) is 31.9 Å². The molecule has 3 rings (SSSR count). The molecule has 0 bridgehead atoms. The zero-order chi connectivity index (χ0) is 17.9. The Morgan fingerprint density at radius 3 is 1.80 bits per heavy atom. The summed E-state index contributed by atoms with van der Waals surface area (Å²) in [5.74, 6) is 0. The average molecular weight is 427 g/mol. The summed E-state index contributed by atoms with van der Waals surface area (Å²) in [5.41, 5.74) is 0. The molecule has 2 aliphatic rings. The van der Waals surface area contributed by atoms with Crippen molar-refractivity contribution in [3.8, 4) is 0 Å². The van der Waals surface area contributed by atoms with Crippen LogP contribution in [0, 0.1) is 0 Å². The minimum absolute atomic E-state index is 0.405. The van der Waals surface area contributed by atoms with E-state index in [9.17, 15) is 4.21 Å². The van der Waals surface area contributed by atoms with Crippen LogP contribution in [0.2, 0.25) is 0 Å². The highest BCUT2D eigenvalue weighted by Gasteiger charge is 2.12. The van der Waals surface area contributed by atoms with Gasteiger partial charge in [0.05, 0.1) is 23.0 Å². The molecule has 0 aromatic heterocycles. The minimum Gasteiger partial charge on any atom is -0.302 e. The molecule has 2 saturated carbocycles. The SMILES string of the molecule is C(=NC1CCCCC1)=NC1CCCCC1.O=S(O)c1ccccc1Br. The Hall–Kier alpha value is -0.810. The third-order valence-electron chi connectivity index (χ3n) is 4.65. The lowest BCUT2D eigenvalue weighted by Crippen LogP contribution is -2.10. The van der Waals surface area contributed by atoms with Crippen molar-refractivity contribution in [2.24, 2.45) is 9.98 Å². The molecule has 138 valence electrons. The van der Waals surface area contributed by atoms with E-state index in [0.717, 1.165) is 0 Å². The number of nitrogens with zero attached hydrogens (tertiary/aromatic N) is 2. The molecule has 1 atom stereocenters. The van der Waals surface area contributed by atoms with Crippen molar-refractivity contribution in [2.45, 2.75) is 81.2 Å². The Morgan fingerprint density at radius 1 is 0.920 bits per heavy atom. The van der Waals surface area contributed by atoms with Crippen LogP contribution in [0.4, 0.5) is 0 Å². The van der Waals surface area contributed by atoms with Crippen molar-refractivity contribution in [2.75, 3.05) is 0 Å². The van der Waals surface area contributed by atoms with E-state index in [-0.39, 0.29) is 0 Å². The van der Waals surface area contributed by atoms with Crippen molar-refractivity contribution >= 4 is 33.0 Å². The summed E-state index contributed by atoms with van der Waals surface area (Å²) in [6.07, 6.45) is 13.2. The number of benzene rings is 1. The fourth-order valence-corrected chi connectivity index (χ4v) is 4.33. The molecule has 2 aliphatic carbocycles. The Morgan fingerprint density at radius 2 is 1.40 bits per heavy atom. The number of rotatable bonds is 3. The molecule has 0 radical (unpaired) electrons. The van der Waals surface area contributed by atoms with Gasteiger partial charge in [0.1, 0.15) is 0 Å². The predicted octanol–water partition coefficient (Wildman–Crippen LogP) is 5.86. The third-order valence-corrected chi connectivity index (χ3v) is 6.34. The van der Waals surface area contributed by atoms with E-state index in [4.69, 9.17) is 4.55 Å². The summed E-state index contributed by atoms with van der Waals surface area (Å²) in [6, 6.07) is 10.9. The highest BCUT2D eigenvalue weighted by atomic mass is 79.9. The highest BCUT2D eigenvalue weighted by molar-refractivity contribution is 9.10. The average Bonchev–Trinajstić information content (AvgIpc) is 2.64. The number of halogens is 1. The Bertz CT molecular complexity index is 583. The van der Waals surface area contributed by atoms with Gasteiger partial charge in [-0.25, -0.2) is 14.2 Å². The molecule has 2 fully saturated rings. The lowest BCUT2D eigenvalue weighted by molar-refractivity contribution is 0.438. The van der Waals surface area contributed by atoms with Gasteiger partial charge < -0.3 is 4.55 Å². The molecule has 1 unspecified atom stereocenters. The zero-order valence-electron chi connectivity index (χ0n) is 14.6. The second-order valence-electron chi connectivity index (χ2n) is 6.62. The molecule has 4 nitrogen and oxygen atoms in total. The van der Waals surface area contributed by atoms with E-state index in [1.807, 2.05) is 0 Å². The highest BCUT2D eigenvalue weighted by Crippen LogP contribution is 2.21. The topological polar surface area (TPSA) is 62.0 Å². The molecular formula is C19H27BrN2O2S. The first-order chi connectivity index (χ1) is 12.2. The van der Waals surface area contributed by atoms with E-state index in [1.54, 1.807) is 24.3 Å². The molecule has 6 heteroatoms. The summed E-state index contributed by atoms with van der Waals surface area (Å²) < 4.78 is 19.8. The lowest BCUT2D eigenvalue weighted by atomic mass is 9.96. The molecule has 0 saturated heterocycles. The second-order valence-corrected chi connectivity index (χ2v) is 8.41. The van der Waals surface area contributed by atoms with Crippen molar-refractivity contribution < 1.29 is 8.76 Å². The van der Waals surface area contributed by atoms with Crippen LogP contribution in [0.5, 0.6) is 0 Å². The van der Waals surface area contributed by atoms with Gasteiger partial charge in [-0.15, -0.1) is 0 Å². The van der Waals surface area contributed by atoms with Crippen molar-refractivity contribution in [3.05, 3.63) is 28.7 Å². The fraction of sp³-hybridized carbons (Fsp3) is 0.632. The van der Waals surface area contributed by atoms with Crippen molar-refractivity contribution in [1.82, 2.24) is 0 Å². The van der Waals surface area contributed by atoms with E-state index >= 15 is 0 Å². The fourth-order valence-electron chi connectivity index (χ4n) is 3.20. The molecule has 0 aliphatic heterocycles. The van der Waals surface area contributed by atoms with Crippen LogP contribution in [-0.2, 0) is 11.1 Å². The molecule has 1 aromatic carbocycles. The summed E-state index contributed by atoms with van der Waals surface area (Å²) in [4.78, 5) is 9.33. The summed E-state index contributed by atoms with van der Waals surface area (Å²) in [6.45, 7) is 0. The summed E-state index contributed by atoms with van der Waals surface area (Å²) in [5, 5.41) is 0. The molecule has 1 N–H and O–H groups in total. The second kappa shape index (κ2) is 11.7. The lowest BCUT2D eigenvalue weighted by Gasteiger charge is -2.17. The van der Waals surface area contributed by atoms with Crippen LogP contribution < -0.4 is 0 Å². The maximum atomic E-state index is 10.5. The van der Waals surface area contributed by atoms with Gasteiger partial charge in [0.15, 0.2) is 11.1 Å². The first-order valence-corrected chi connectivity index (χ1v) is 11.1. The number of hydrogen-bond donors (Lipinski definition) is 1. The number of hydrogen-bond acceptors (Lipinski definition) is 3. The quantitative estimate of drug-likeness (QED) is 0.486. The van der Waals surface area contributed by atoms with Gasteiger partial charge in [-0.2, -0.15) is 0 Å². The Labute approximate surface area is 161 Å². The molecular weight excluding hydrogens is 400 g/mol. The van der Waals surface area contributed by atoms with E-state index in [0.29, 0.717) is 21.5 Å². The smallest absolute Gasteiger partial charge is 0.187 e. The van der Waals surface area contributed by atoms with Crippen molar-refractivity contribution in [3.63, 3.8) is 0 Å². The molecule has 0 heterocycles. The largest absolute Gasteiger partial charge is 0.302 e. The predicted molar refractivity (Wildman–Crippen MR) is 107 cm³/mol. The summed E-state index contributed by atoms with van der Waals surface area (Å²) >= 11 is 1.26. The maximum absolute atomic E-state index is 10.5. The van der Waals surface area contributed by atoms with Gasteiger partial charge in [0.25, 0.3) is 0 Å². The normalized spacial score (nSPS) is 19.9. The first kappa shape index (κ1) is 20.5. The zero-order valence-corrected chi connectivity index (χ0v) is 17.0. The summed E-state index contributed by atoms with van der Waals surface area (Å²) in [7, 11) is 0. The van der Waals surface area contributed by atoms with E-state index in [1.165, 1.54) is 64.2 Å². The van der Waals surface area contributed by atoms with Crippen LogP contribution in [0.25, 0.3) is 0 Å². The monoisotopic (exact) mass is 426 g/mol. The third kappa shape index (κ3) is 7.95. The molecule has 25 heavy (non-hydrogen) atoms. The van der Waals surface area contributed by atoms with Gasteiger partial charge in [-0.1, -0.05) is 50.7 Å². The van der Waals surface area contributed by atoms with Gasteiger partial charge in [0, 0.05) is 4.47 Å². The van der Waals surface area contributed by atoms with Gasteiger partial charge in [-0.3, -0.25) is 0 Å². The maximum Gasteiger partial charge on any atom is 0.187 e. The van der Waals surface area contributed by atoms with E-state index < -0.39 is 11.1 Å². The standard InChI is InChI=1S/C13H22N2.C6H5BrO2S/c1-3-7-12(8-4-1)14-11-15-13-9-5-2-6-10-13;7-5-3-1-2-4-6(5)10(8)9/h12-13H,1-10H2;1-4H,(H,8,9). The Kier molecular flexibility index (Phi) is 9.63. The minimum atomic E-state index is -1.89. The molecule has 0 amide bonds. The Balaban J connectivity index is 0.000000196. The van der Waals surface area contributed by atoms with Crippen LogP contribution in [-0.4, -0.2) is 26.9 Å². The molecule has 1 aromatic rings. The van der Waals surface area contributed by atoms with Gasteiger partial charge >= 0.3 is 0 Å². The molecule has 0 spiro atoms. The van der Waals surface area contributed by atoms with Crippen LogP contribution in [0.3, 0.4) is 0 Å². The van der Waals surface area contributed by atoms with Crippen LogP contribution in [0.1, 0.15) is 64.2 Å².